The molecule has 10 rings (SSSR count). The second-order valence-electron chi connectivity index (χ2n) is 19.9. The molecule has 4 aliphatic heterocycles. The smallest absolute Gasteiger partial charge is 0.251 e. The van der Waals surface area contributed by atoms with Gasteiger partial charge in [0, 0.05) is 127 Å². The SMILES string of the molecule is COC1C=CC(OC)O1.COCCC(=O)N1CCN(c2nc(C3CC3)c(-c3cccc(N)c3)cc2C#N)C[C@H]1C.COCCC(=O)N1CCN(c2nc(C3CC3)c(-c3cccc(N4CC=CC4=O)c3)cc2C#N)C[C@H]1C. The van der Waals surface area contributed by atoms with Crippen LogP contribution >= 0.6 is 0 Å². The van der Waals surface area contributed by atoms with Crippen molar-refractivity contribution in [3.63, 3.8) is 0 Å². The molecule has 4 fully saturated rings. The highest BCUT2D eigenvalue weighted by Crippen LogP contribution is 2.47. The van der Waals surface area contributed by atoms with Crippen LogP contribution in [0, 0.1) is 22.7 Å². The zero-order valence-corrected chi connectivity index (χ0v) is 44.5. The maximum atomic E-state index is 12.6. The minimum Gasteiger partial charge on any atom is -0.399 e. The highest BCUT2D eigenvalue weighted by Gasteiger charge is 2.35. The fourth-order valence-corrected chi connectivity index (χ4v) is 10.1. The number of benzene rings is 2. The molecule has 2 aromatic carbocycles. The Kier molecular flexibility index (Phi) is 18.5. The van der Waals surface area contributed by atoms with E-state index in [4.69, 9.17) is 39.4 Å². The number of methoxy groups -OCH3 is 4. The minimum atomic E-state index is -0.227. The first-order chi connectivity index (χ1) is 36.9. The number of carbonyl (C=O) groups is 3. The maximum Gasteiger partial charge on any atom is 0.251 e. The van der Waals surface area contributed by atoms with Gasteiger partial charge in [0.05, 0.1) is 48.6 Å². The summed E-state index contributed by atoms with van der Waals surface area (Å²) in [6.07, 6.45) is 11.8. The summed E-state index contributed by atoms with van der Waals surface area (Å²) < 4.78 is 24.9. The van der Waals surface area contributed by atoms with E-state index in [-0.39, 0.29) is 42.4 Å². The van der Waals surface area contributed by atoms with Gasteiger partial charge in [-0.15, -0.1) is 0 Å². The summed E-state index contributed by atoms with van der Waals surface area (Å²) in [5.74, 6) is 2.42. The molecule has 4 aromatic rings. The van der Waals surface area contributed by atoms with Gasteiger partial charge in [-0.3, -0.25) is 14.4 Å². The van der Waals surface area contributed by atoms with Gasteiger partial charge in [0.1, 0.15) is 23.8 Å². The predicted molar refractivity (Wildman–Crippen MR) is 290 cm³/mol. The lowest BCUT2D eigenvalue weighted by Crippen LogP contribution is -2.54. The van der Waals surface area contributed by atoms with Crippen LogP contribution in [-0.2, 0) is 38.1 Å². The quantitative estimate of drug-likeness (QED) is 0.0925. The van der Waals surface area contributed by atoms with E-state index in [1.807, 2.05) is 103 Å². The molecule has 6 aliphatic rings. The van der Waals surface area contributed by atoms with E-state index in [1.165, 1.54) is 0 Å². The van der Waals surface area contributed by atoms with Crippen LogP contribution in [0.15, 0.2) is 85.0 Å². The number of nitriles is 2. The molecule has 0 spiro atoms. The molecule has 0 radical (unpaired) electrons. The first-order valence-electron chi connectivity index (χ1n) is 26.2. The number of anilines is 4. The first kappa shape index (κ1) is 55.1. The maximum absolute atomic E-state index is 12.6. The van der Waals surface area contributed by atoms with Gasteiger partial charge in [-0.25, -0.2) is 9.97 Å². The van der Waals surface area contributed by atoms with E-state index in [9.17, 15) is 24.9 Å². The van der Waals surface area contributed by atoms with Crippen molar-refractivity contribution in [2.75, 3.05) is 108 Å². The Bertz CT molecular complexity index is 2860. The second-order valence-corrected chi connectivity index (χ2v) is 19.9. The van der Waals surface area contributed by atoms with Crippen LogP contribution in [0.4, 0.5) is 23.0 Å². The monoisotopic (exact) mass is 1030 g/mol. The van der Waals surface area contributed by atoms with Gasteiger partial charge >= 0.3 is 0 Å². The molecule has 0 bridgehead atoms. The van der Waals surface area contributed by atoms with Gasteiger partial charge in [0.2, 0.25) is 11.8 Å². The number of carbonyl (C=O) groups excluding carboxylic acids is 3. The number of nitrogens with zero attached hydrogens (tertiary/aromatic N) is 9. The molecule has 400 valence electrons. The number of nitrogen functional groups attached to an aromatic ring is 1. The number of hydrogen-bond donors (Lipinski definition) is 1. The zero-order chi connectivity index (χ0) is 53.9. The Morgan fingerprint density at radius 1 is 0.697 bits per heavy atom. The molecule has 2 N–H and O–H groups in total. The minimum absolute atomic E-state index is 0.0174. The lowest BCUT2D eigenvalue weighted by molar-refractivity contribution is -0.173. The number of piperazine rings is 2. The summed E-state index contributed by atoms with van der Waals surface area (Å²) in [5, 5.41) is 20.0. The number of amides is 3. The molecular formula is C58H70N10O8. The highest BCUT2D eigenvalue weighted by atomic mass is 16.8. The Hall–Kier alpha value is -7.19. The Morgan fingerprint density at radius 3 is 1.58 bits per heavy atom. The third-order valence-corrected chi connectivity index (χ3v) is 14.4. The van der Waals surface area contributed by atoms with Crippen molar-refractivity contribution in [1.29, 1.82) is 10.5 Å². The Balaban J connectivity index is 0.000000174. The van der Waals surface area contributed by atoms with Gasteiger partial charge in [-0.1, -0.05) is 30.3 Å². The van der Waals surface area contributed by atoms with Crippen LogP contribution in [0.5, 0.6) is 0 Å². The molecule has 2 aliphatic carbocycles. The predicted octanol–water partition coefficient (Wildman–Crippen LogP) is 7.15. The van der Waals surface area contributed by atoms with Gasteiger partial charge in [0.15, 0.2) is 12.6 Å². The van der Waals surface area contributed by atoms with Crippen LogP contribution in [0.1, 0.15) is 86.7 Å². The van der Waals surface area contributed by atoms with E-state index in [0.717, 1.165) is 70.8 Å². The summed E-state index contributed by atoms with van der Waals surface area (Å²) in [6.45, 7) is 9.29. The van der Waals surface area contributed by atoms with E-state index < -0.39 is 0 Å². The highest BCUT2D eigenvalue weighted by molar-refractivity contribution is 6.04. The number of aromatic nitrogens is 2. The summed E-state index contributed by atoms with van der Waals surface area (Å²) in [7, 11) is 6.39. The summed E-state index contributed by atoms with van der Waals surface area (Å²) in [6, 6.07) is 24.4. The van der Waals surface area contributed by atoms with Crippen molar-refractivity contribution in [1.82, 2.24) is 19.8 Å². The molecule has 2 saturated heterocycles. The van der Waals surface area contributed by atoms with Crippen molar-refractivity contribution in [2.45, 2.75) is 88.9 Å². The van der Waals surface area contributed by atoms with Crippen LogP contribution in [0.2, 0.25) is 0 Å². The number of ether oxygens (including phenoxy) is 5. The Labute approximate surface area is 446 Å². The number of hydrogen-bond acceptors (Lipinski definition) is 15. The third-order valence-electron chi connectivity index (χ3n) is 14.4. The molecule has 18 heteroatoms. The summed E-state index contributed by atoms with van der Waals surface area (Å²) in [4.78, 5) is 57.2. The molecule has 2 unspecified atom stereocenters. The largest absolute Gasteiger partial charge is 0.399 e. The molecule has 2 aromatic heterocycles. The molecular weight excluding hydrogens is 965 g/mol. The molecule has 18 nitrogen and oxygen atoms in total. The van der Waals surface area contributed by atoms with Gasteiger partial charge in [-0.05, 0) is 99.2 Å². The lowest BCUT2D eigenvalue weighted by Gasteiger charge is -2.41. The topological polar surface area (TPSA) is 213 Å². The average Bonchev–Trinajstić information content (AvgIpc) is 4.39. The van der Waals surface area contributed by atoms with Gasteiger partial charge < -0.3 is 53.9 Å². The standard InChI is InChI=1S/C28H31N5O3.C24H29N5O2.C6H10O3/c1-19-18-31(12-13-32(19)26(35)10-14-36-2)28-22(17-29)16-24(27(30-28)20-8-9-20)21-5-3-6-23(15-21)33-11-4-7-25(33)34;1-16-15-28(9-10-29(16)22(30)8-11-31-2)24-19(14-25)13-21(23(27-24)17-6-7-17)18-4-3-5-20(26)12-18;1-7-5-3-4-6(8-2)9-5/h3-7,15-16,19-20H,8-14,18H2,1-2H3;3-5,12-13,16-17H,6-11,15,26H2,1-2H3;3-6H,1-2H3/t19-;16-;/m11./s1. The normalized spacial score (nSPS) is 20.9. The van der Waals surface area contributed by atoms with Crippen LogP contribution in [0.3, 0.4) is 0 Å². The van der Waals surface area contributed by atoms with Crippen LogP contribution < -0.4 is 20.4 Å². The van der Waals surface area contributed by atoms with Gasteiger partial charge in [-0.2, -0.15) is 10.5 Å². The number of nitrogens with two attached hydrogens (primary N) is 1. The zero-order valence-electron chi connectivity index (χ0n) is 44.5. The first-order valence-corrected chi connectivity index (χ1v) is 26.2. The van der Waals surface area contributed by atoms with Crippen LogP contribution in [-0.4, -0.2) is 150 Å². The van der Waals surface area contributed by atoms with E-state index in [2.05, 4.69) is 21.9 Å². The fourth-order valence-electron chi connectivity index (χ4n) is 10.1. The van der Waals surface area contributed by atoms with Crippen molar-refractivity contribution in [2.24, 2.45) is 0 Å². The molecule has 4 atom stereocenters. The van der Waals surface area contributed by atoms with Crippen molar-refractivity contribution in [3.8, 4) is 34.4 Å². The molecule has 76 heavy (non-hydrogen) atoms. The van der Waals surface area contributed by atoms with E-state index in [0.29, 0.717) is 106 Å². The Morgan fingerprint density at radius 2 is 1.18 bits per heavy atom. The van der Waals surface area contributed by atoms with Crippen LogP contribution in [0.25, 0.3) is 22.3 Å². The fraction of sp³-hybridized carbons (Fsp3) is 0.466. The molecule has 6 heterocycles. The molecule has 2 saturated carbocycles. The lowest BCUT2D eigenvalue weighted by atomic mass is 9.98. The second kappa shape index (κ2) is 25.6. The number of rotatable bonds is 15. The number of pyridine rings is 2. The van der Waals surface area contributed by atoms with E-state index >= 15 is 0 Å². The molecule has 3 amide bonds. The van der Waals surface area contributed by atoms with Crippen molar-refractivity contribution in [3.05, 3.63) is 107 Å². The van der Waals surface area contributed by atoms with Crippen molar-refractivity contribution >= 4 is 40.7 Å². The van der Waals surface area contributed by atoms with E-state index in [1.54, 1.807) is 39.4 Å². The third kappa shape index (κ3) is 13.2. The van der Waals surface area contributed by atoms with Gasteiger partial charge in [0.25, 0.3) is 5.91 Å². The summed E-state index contributed by atoms with van der Waals surface area (Å²) >= 11 is 0. The average molecular weight is 1040 g/mol. The van der Waals surface area contributed by atoms with Crippen molar-refractivity contribution < 1.29 is 38.1 Å². The summed E-state index contributed by atoms with van der Waals surface area (Å²) in [5.41, 5.74) is 14.6.